The zero-order chi connectivity index (χ0) is 29.5. The summed E-state index contributed by atoms with van der Waals surface area (Å²) in [6.45, 7) is 16.3. The van der Waals surface area contributed by atoms with E-state index in [9.17, 15) is 4.79 Å². The van der Waals surface area contributed by atoms with Gasteiger partial charge in [0, 0.05) is 53.8 Å². The van der Waals surface area contributed by atoms with E-state index in [0.29, 0.717) is 11.1 Å². The molecule has 218 valence electrons. The maximum atomic E-state index is 13.2. The molecule has 1 unspecified atom stereocenters. The van der Waals surface area contributed by atoms with E-state index < -0.39 is 17.7 Å². The molecule has 0 amide bonds. The van der Waals surface area contributed by atoms with Gasteiger partial charge in [0.25, 0.3) is 0 Å². The SMILES string of the molecule is COC(=O)C(OC(C)(C)C)c1c(C)cc2nc(-c3csc(N4CCN(C(C)C)CC4)n3)sc2c1-c1ccc(Cl)cc1. The zero-order valence-electron chi connectivity index (χ0n) is 24.7. The number of hydrogen-bond donors (Lipinski definition) is 0. The highest BCUT2D eigenvalue weighted by atomic mass is 35.5. The van der Waals surface area contributed by atoms with Gasteiger partial charge in [-0.2, -0.15) is 0 Å². The number of aromatic nitrogens is 2. The predicted molar refractivity (Wildman–Crippen MR) is 170 cm³/mol. The number of carbonyl (C=O) groups is 1. The van der Waals surface area contributed by atoms with Gasteiger partial charge in [-0.1, -0.05) is 23.7 Å². The number of nitrogens with zero attached hydrogens (tertiary/aromatic N) is 4. The number of methoxy groups -OCH3 is 1. The van der Waals surface area contributed by atoms with Gasteiger partial charge in [0.05, 0.1) is 22.9 Å². The van der Waals surface area contributed by atoms with Gasteiger partial charge < -0.3 is 14.4 Å². The molecule has 2 aromatic heterocycles. The molecule has 41 heavy (non-hydrogen) atoms. The van der Waals surface area contributed by atoms with Crippen molar-refractivity contribution >= 4 is 55.6 Å². The van der Waals surface area contributed by atoms with E-state index in [1.807, 2.05) is 58.0 Å². The largest absolute Gasteiger partial charge is 0.467 e. The minimum absolute atomic E-state index is 0.441. The second-order valence-electron chi connectivity index (χ2n) is 11.6. The van der Waals surface area contributed by atoms with Crippen LogP contribution in [0.4, 0.5) is 5.13 Å². The van der Waals surface area contributed by atoms with Crippen molar-refractivity contribution in [3.05, 3.63) is 51.9 Å². The Bertz CT molecular complexity index is 1530. The molecule has 4 aromatic rings. The normalized spacial score (nSPS) is 15.6. The van der Waals surface area contributed by atoms with Crippen molar-refractivity contribution in [3.63, 3.8) is 0 Å². The molecule has 1 saturated heterocycles. The van der Waals surface area contributed by atoms with Crippen LogP contribution in [0.25, 0.3) is 32.0 Å². The van der Waals surface area contributed by atoms with Gasteiger partial charge in [-0.05, 0) is 70.9 Å². The van der Waals surface area contributed by atoms with Crippen LogP contribution in [0.3, 0.4) is 0 Å². The molecule has 1 aliphatic heterocycles. The van der Waals surface area contributed by atoms with Crippen molar-refractivity contribution in [2.45, 2.75) is 59.3 Å². The number of aryl methyl sites for hydroxylation is 1. The molecule has 0 N–H and O–H groups in total. The smallest absolute Gasteiger partial charge is 0.339 e. The van der Waals surface area contributed by atoms with E-state index >= 15 is 0 Å². The molecule has 3 heterocycles. The first-order valence-electron chi connectivity index (χ1n) is 13.9. The quantitative estimate of drug-likeness (QED) is 0.199. The van der Waals surface area contributed by atoms with Crippen molar-refractivity contribution in [1.29, 1.82) is 0 Å². The average molecular weight is 613 g/mol. The summed E-state index contributed by atoms with van der Waals surface area (Å²) < 4.78 is 12.5. The van der Waals surface area contributed by atoms with Crippen LogP contribution in [0.2, 0.25) is 5.02 Å². The second-order valence-corrected chi connectivity index (χ2v) is 13.9. The third-order valence-electron chi connectivity index (χ3n) is 7.24. The number of halogens is 1. The number of benzene rings is 2. The molecule has 7 nitrogen and oxygen atoms in total. The molecule has 1 fully saturated rings. The summed E-state index contributed by atoms with van der Waals surface area (Å²) in [5, 5.41) is 4.62. The topological polar surface area (TPSA) is 67.8 Å². The summed E-state index contributed by atoms with van der Waals surface area (Å²) in [7, 11) is 1.39. The van der Waals surface area contributed by atoms with Gasteiger partial charge in [0.1, 0.15) is 10.7 Å². The average Bonchev–Trinajstić information content (AvgIpc) is 3.58. The molecule has 1 aliphatic rings. The van der Waals surface area contributed by atoms with Crippen molar-refractivity contribution in [1.82, 2.24) is 14.9 Å². The maximum absolute atomic E-state index is 13.2. The first-order chi connectivity index (χ1) is 19.4. The number of thiazole rings is 2. The van der Waals surface area contributed by atoms with Gasteiger partial charge >= 0.3 is 5.97 Å². The maximum Gasteiger partial charge on any atom is 0.339 e. The van der Waals surface area contributed by atoms with Crippen LogP contribution in [0.5, 0.6) is 0 Å². The van der Waals surface area contributed by atoms with Crippen LogP contribution in [0.1, 0.15) is 51.8 Å². The number of anilines is 1. The van der Waals surface area contributed by atoms with Crippen LogP contribution in [-0.4, -0.2) is 65.8 Å². The fourth-order valence-electron chi connectivity index (χ4n) is 5.18. The monoisotopic (exact) mass is 612 g/mol. The van der Waals surface area contributed by atoms with Gasteiger partial charge in [0.2, 0.25) is 0 Å². The van der Waals surface area contributed by atoms with E-state index in [1.54, 1.807) is 22.7 Å². The Morgan fingerprint density at radius 3 is 2.37 bits per heavy atom. The Labute approximate surface area is 255 Å². The summed E-state index contributed by atoms with van der Waals surface area (Å²) >= 11 is 9.51. The lowest BCUT2D eigenvalue weighted by molar-refractivity contribution is -0.164. The molecule has 0 aliphatic carbocycles. The summed E-state index contributed by atoms with van der Waals surface area (Å²) in [4.78, 5) is 28.1. The Kier molecular flexibility index (Phi) is 8.74. The number of esters is 1. The van der Waals surface area contributed by atoms with E-state index in [4.69, 9.17) is 31.0 Å². The lowest BCUT2D eigenvalue weighted by Gasteiger charge is -2.36. The third-order valence-corrected chi connectivity index (χ3v) is 9.50. The molecule has 2 aromatic carbocycles. The van der Waals surface area contributed by atoms with E-state index in [-0.39, 0.29) is 0 Å². The summed E-state index contributed by atoms with van der Waals surface area (Å²) in [6.07, 6.45) is -0.906. The summed E-state index contributed by atoms with van der Waals surface area (Å²) in [5.41, 5.74) is 4.67. The first-order valence-corrected chi connectivity index (χ1v) is 15.9. The van der Waals surface area contributed by atoms with Gasteiger partial charge in [0.15, 0.2) is 11.2 Å². The predicted octanol–water partition coefficient (Wildman–Crippen LogP) is 7.61. The van der Waals surface area contributed by atoms with Crippen molar-refractivity contribution in [2.75, 3.05) is 38.2 Å². The van der Waals surface area contributed by atoms with Crippen molar-refractivity contribution < 1.29 is 14.3 Å². The Morgan fingerprint density at radius 2 is 1.76 bits per heavy atom. The number of piperazine rings is 1. The molecule has 0 bridgehead atoms. The van der Waals surface area contributed by atoms with E-state index in [2.05, 4.69) is 29.0 Å². The highest BCUT2D eigenvalue weighted by Gasteiger charge is 2.33. The van der Waals surface area contributed by atoms with E-state index in [1.165, 1.54) is 7.11 Å². The molecular formula is C31H37ClN4O3S2. The lowest BCUT2D eigenvalue weighted by Crippen LogP contribution is -2.48. The van der Waals surface area contributed by atoms with Gasteiger partial charge in [-0.15, -0.1) is 22.7 Å². The Balaban J connectivity index is 1.61. The number of rotatable bonds is 7. The highest BCUT2D eigenvalue weighted by Crippen LogP contribution is 2.45. The number of fused-ring (bicyclic) bond motifs is 1. The van der Waals surface area contributed by atoms with Crippen LogP contribution in [0, 0.1) is 6.92 Å². The van der Waals surface area contributed by atoms with Gasteiger partial charge in [-0.3, -0.25) is 4.90 Å². The molecular weight excluding hydrogens is 576 g/mol. The van der Waals surface area contributed by atoms with Crippen LogP contribution >= 0.6 is 34.3 Å². The summed E-state index contributed by atoms with van der Waals surface area (Å²) in [5.74, 6) is -0.441. The second kappa shape index (κ2) is 12.0. The summed E-state index contributed by atoms with van der Waals surface area (Å²) in [6, 6.07) is 10.3. The van der Waals surface area contributed by atoms with Crippen LogP contribution in [-0.2, 0) is 14.3 Å². The molecule has 5 rings (SSSR count). The van der Waals surface area contributed by atoms with Gasteiger partial charge in [-0.25, -0.2) is 14.8 Å². The molecule has 0 spiro atoms. The fourth-order valence-corrected chi connectivity index (χ4v) is 7.33. The molecule has 10 heteroatoms. The number of hydrogen-bond acceptors (Lipinski definition) is 9. The molecule has 0 radical (unpaired) electrons. The fraction of sp³-hybridized carbons (Fsp3) is 0.452. The molecule has 1 atom stereocenters. The van der Waals surface area contributed by atoms with Crippen molar-refractivity contribution in [3.8, 4) is 21.8 Å². The molecule has 0 saturated carbocycles. The minimum Gasteiger partial charge on any atom is -0.467 e. The van der Waals surface area contributed by atoms with Crippen LogP contribution in [0.15, 0.2) is 35.7 Å². The van der Waals surface area contributed by atoms with E-state index in [0.717, 1.165) is 74.5 Å². The third kappa shape index (κ3) is 6.44. The number of ether oxygens (including phenoxy) is 2. The first kappa shape index (κ1) is 29.9. The Morgan fingerprint density at radius 1 is 1.07 bits per heavy atom. The van der Waals surface area contributed by atoms with Crippen LogP contribution < -0.4 is 4.90 Å². The highest BCUT2D eigenvalue weighted by molar-refractivity contribution is 7.22. The minimum atomic E-state index is -0.906. The number of carbonyl (C=O) groups excluding carboxylic acids is 1. The lowest BCUT2D eigenvalue weighted by atomic mass is 9.91. The van der Waals surface area contributed by atoms with Crippen molar-refractivity contribution in [2.24, 2.45) is 0 Å². The zero-order valence-corrected chi connectivity index (χ0v) is 27.0. The standard InChI is InChI=1S/C31H37ClN4O3S2/c1-18(2)35-12-14-36(15-13-35)30-34-23(17-40-30)28-33-22-16-19(3)24(26(29(37)38-7)39-31(4,5)6)25(27(22)41-28)20-8-10-21(32)11-9-20/h8-11,16-18,26H,12-15H2,1-7H3. The Hall–Kier alpha value is -2.56.